The average Bonchev–Trinajstić information content (AvgIpc) is 2.25. The minimum atomic E-state index is 0.00997. The van der Waals surface area contributed by atoms with E-state index in [4.69, 9.17) is 0 Å². The lowest BCUT2D eigenvalue weighted by molar-refractivity contribution is -0.113. The van der Waals surface area contributed by atoms with Gasteiger partial charge in [0.2, 0.25) is 6.41 Å². The lowest BCUT2D eigenvalue weighted by atomic mass is 9.86. The van der Waals surface area contributed by atoms with E-state index in [9.17, 15) is 9.59 Å². The molecular formula is C11H18N2O2. The van der Waals surface area contributed by atoms with Gasteiger partial charge in [0.1, 0.15) is 0 Å². The van der Waals surface area contributed by atoms with Gasteiger partial charge < -0.3 is 5.43 Å². The van der Waals surface area contributed by atoms with Crippen LogP contribution in [0.15, 0.2) is 11.8 Å². The van der Waals surface area contributed by atoms with Gasteiger partial charge >= 0.3 is 0 Å². The fourth-order valence-electron chi connectivity index (χ4n) is 2.00. The number of amides is 1. The highest BCUT2D eigenvalue weighted by molar-refractivity contribution is 5.87. The van der Waals surface area contributed by atoms with Crippen LogP contribution in [0.5, 0.6) is 0 Å². The van der Waals surface area contributed by atoms with Crippen molar-refractivity contribution < 1.29 is 9.59 Å². The van der Waals surface area contributed by atoms with Crippen LogP contribution in [0, 0.1) is 5.92 Å². The quantitative estimate of drug-likeness (QED) is 0.408. The maximum absolute atomic E-state index is 11.0. The molecule has 0 spiro atoms. The number of hydrogen-bond acceptors (Lipinski definition) is 3. The Hall–Kier alpha value is -1.32. The topological polar surface area (TPSA) is 58.2 Å². The fourth-order valence-corrected chi connectivity index (χ4v) is 2.00. The zero-order valence-corrected chi connectivity index (χ0v) is 9.08. The normalized spacial score (nSPS) is 18.3. The molecule has 0 aromatic rings. The molecule has 0 unspecified atom stereocenters. The summed E-state index contributed by atoms with van der Waals surface area (Å²) in [5.41, 5.74) is 6.03. The molecular weight excluding hydrogens is 192 g/mol. The molecule has 0 heterocycles. The number of hydrogen-bond donors (Lipinski definition) is 2. The highest BCUT2D eigenvalue weighted by Crippen LogP contribution is 2.28. The molecule has 0 bridgehead atoms. The van der Waals surface area contributed by atoms with Crippen molar-refractivity contribution in [1.29, 1.82) is 0 Å². The van der Waals surface area contributed by atoms with Crippen molar-refractivity contribution >= 4 is 12.2 Å². The van der Waals surface area contributed by atoms with Crippen LogP contribution in [0.4, 0.5) is 0 Å². The first-order valence-corrected chi connectivity index (χ1v) is 5.41. The number of ketones is 1. The van der Waals surface area contributed by atoms with E-state index in [1.807, 2.05) is 0 Å². The summed E-state index contributed by atoms with van der Waals surface area (Å²) in [6, 6.07) is 0. The Morgan fingerprint density at radius 1 is 1.27 bits per heavy atom. The van der Waals surface area contributed by atoms with Gasteiger partial charge in [-0.2, -0.15) is 0 Å². The molecule has 0 saturated heterocycles. The van der Waals surface area contributed by atoms with E-state index in [0.29, 0.717) is 12.3 Å². The molecule has 1 fully saturated rings. The van der Waals surface area contributed by atoms with Gasteiger partial charge in [-0.3, -0.25) is 15.0 Å². The SMILES string of the molecule is CC(=O)C=C(NNC=O)C1CCCCC1. The maximum Gasteiger partial charge on any atom is 0.225 e. The van der Waals surface area contributed by atoms with Gasteiger partial charge in [0, 0.05) is 17.7 Å². The van der Waals surface area contributed by atoms with E-state index in [0.717, 1.165) is 18.5 Å². The molecule has 1 rings (SSSR count). The summed E-state index contributed by atoms with van der Waals surface area (Å²) in [7, 11) is 0. The molecule has 1 aliphatic rings. The molecule has 0 aliphatic heterocycles. The van der Waals surface area contributed by atoms with Crippen molar-refractivity contribution in [3.8, 4) is 0 Å². The van der Waals surface area contributed by atoms with Crippen LogP contribution in [0.1, 0.15) is 39.0 Å². The molecule has 4 nitrogen and oxygen atoms in total. The van der Waals surface area contributed by atoms with Gasteiger partial charge in [-0.25, -0.2) is 0 Å². The second kappa shape index (κ2) is 6.22. The van der Waals surface area contributed by atoms with Gasteiger partial charge in [-0.1, -0.05) is 19.3 Å². The summed E-state index contributed by atoms with van der Waals surface area (Å²) in [6.45, 7) is 1.52. The predicted octanol–water partition coefficient (Wildman–Crippen LogP) is 1.29. The first-order chi connectivity index (χ1) is 7.24. The summed E-state index contributed by atoms with van der Waals surface area (Å²) in [4.78, 5) is 21.2. The fraction of sp³-hybridized carbons (Fsp3) is 0.636. The number of nitrogens with one attached hydrogen (secondary N) is 2. The summed E-state index contributed by atoms with van der Waals surface area (Å²) in [5.74, 6) is 0.394. The molecule has 84 valence electrons. The van der Waals surface area contributed by atoms with E-state index in [2.05, 4.69) is 10.9 Å². The van der Waals surface area contributed by atoms with Gasteiger partial charge in [0.05, 0.1) is 0 Å². The second-order valence-corrected chi connectivity index (χ2v) is 3.93. The minimum Gasteiger partial charge on any atom is -0.303 e. The van der Waals surface area contributed by atoms with Crippen molar-refractivity contribution in [3.63, 3.8) is 0 Å². The van der Waals surface area contributed by atoms with Crippen molar-refractivity contribution in [2.45, 2.75) is 39.0 Å². The molecule has 1 amide bonds. The first kappa shape index (κ1) is 11.8. The standard InChI is InChI=1S/C11H18N2O2/c1-9(15)7-11(13-12-8-14)10-5-3-2-4-6-10/h7-8,10,13H,2-6H2,1H3,(H,12,14). The third-order valence-corrected chi connectivity index (χ3v) is 2.68. The van der Waals surface area contributed by atoms with Crippen LogP contribution in [-0.4, -0.2) is 12.2 Å². The van der Waals surface area contributed by atoms with E-state index in [1.54, 1.807) is 6.08 Å². The molecule has 1 saturated carbocycles. The third kappa shape index (κ3) is 4.14. The Morgan fingerprint density at radius 2 is 1.93 bits per heavy atom. The Kier molecular flexibility index (Phi) is 4.87. The monoisotopic (exact) mass is 210 g/mol. The smallest absolute Gasteiger partial charge is 0.225 e. The second-order valence-electron chi connectivity index (χ2n) is 3.93. The van der Waals surface area contributed by atoms with Gasteiger partial charge in [-0.05, 0) is 19.8 Å². The Morgan fingerprint density at radius 3 is 2.47 bits per heavy atom. The van der Waals surface area contributed by atoms with Crippen LogP contribution in [0.25, 0.3) is 0 Å². The zero-order chi connectivity index (χ0) is 11.1. The number of allylic oxidation sites excluding steroid dienone is 2. The lowest BCUT2D eigenvalue weighted by Crippen LogP contribution is -2.34. The first-order valence-electron chi connectivity index (χ1n) is 5.41. The number of rotatable bonds is 5. The van der Waals surface area contributed by atoms with Crippen LogP contribution in [0.3, 0.4) is 0 Å². The number of carbonyl (C=O) groups is 2. The van der Waals surface area contributed by atoms with E-state index in [-0.39, 0.29) is 5.78 Å². The molecule has 1 aliphatic carbocycles. The molecule has 0 aromatic carbocycles. The van der Waals surface area contributed by atoms with Crippen molar-refractivity contribution in [2.24, 2.45) is 5.92 Å². The van der Waals surface area contributed by atoms with Crippen molar-refractivity contribution in [1.82, 2.24) is 10.9 Å². The van der Waals surface area contributed by atoms with Gasteiger partial charge in [0.25, 0.3) is 0 Å². The summed E-state index contributed by atoms with van der Waals surface area (Å²) in [5, 5.41) is 0. The van der Waals surface area contributed by atoms with Crippen LogP contribution < -0.4 is 10.9 Å². The largest absolute Gasteiger partial charge is 0.303 e. The summed E-state index contributed by atoms with van der Waals surface area (Å²) < 4.78 is 0. The molecule has 0 atom stereocenters. The highest BCUT2D eigenvalue weighted by atomic mass is 16.1. The molecule has 4 heteroatoms. The van der Waals surface area contributed by atoms with Crippen molar-refractivity contribution in [2.75, 3.05) is 0 Å². The summed E-state index contributed by atoms with van der Waals surface area (Å²) in [6.07, 6.45) is 8.00. The predicted molar refractivity (Wildman–Crippen MR) is 57.7 cm³/mol. The van der Waals surface area contributed by atoms with Gasteiger partial charge in [0.15, 0.2) is 5.78 Å². The van der Waals surface area contributed by atoms with E-state index >= 15 is 0 Å². The van der Waals surface area contributed by atoms with Crippen LogP contribution in [-0.2, 0) is 9.59 Å². The Labute approximate surface area is 90.1 Å². The molecule has 15 heavy (non-hydrogen) atoms. The Balaban J connectivity index is 2.60. The maximum atomic E-state index is 11.0. The van der Waals surface area contributed by atoms with E-state index in [1.165, 1.54) is 26.2 Å². The molecule has 0 radical (unpaired) electrons. The Bertz CT molecular complexity index is 255. The summed E-state index contributed by atoms with van der Waals surface area (Å²) >= 11 is 0. The zero-order valence-electron chi connectivity index (χ0n) is 9.08. The molecule has 0 aromatic heterocycles. The minimum absolute atomic E-state index is 0.00997. The van der Waals surface area contributed by atoms with Gasteiger partial charge in [-0.15, -0.1) is 0 Å². The van der Waals surface area contributed by atoms with Crippen molar-refractivity contribution in [3.05, 3.63) is 11.8 Å². The number of hydrazine groups is 1. The van der Waals surface area contributed by atoms with E-state index < -0.39 is 0 Å². The highest BCUT2D eigenvalue weighted by Gasteiger charge is 2.18. The van der Waals surface area contributed by atoms with Crippen LogP contribution in [0.2, 0.25) is 0 Å². The third-order valence-electron chi connectivity index (χ3n) is 2.68. The lowest BCUT2D eigenvalue weighted by Gasteiger charge is -2.24. The molecule has 2 N–H and O–H groups in total. The van der Waals surface area contributed by atoms with Crippen LogP contribution >= 0.6 is 0 Å². The average molecular weight is 210 g/mol. The number of carbonyl (C=O) groups excluding carboxylic acids is 2.